The molecule has 3 N–H and O–H groups in total. The molecule has 0 spiro atoms. The van der Waals surface area contributed by atoms with Crippen molar-refractivity contribution in [2.75, 3.05) is 6.61 Å². The quantitative estimate of drug-likeness (QED) is 0.644. The second-order valence-electron chi connectivity index (χ2n) is 5.24. The highest BCUT2D eigenvalue weighted by atomic mass is 79.9. The summed E-state index contributed by atoms with van der Waals surface area (Å²) < 4.78 is 6.87. The molecule has 1 atom stereocenters. The van der Waals surface area contributed by atoms with E-state index in [4.69, 9.17) is 10.6 Å². The molecule has 3 rings (SSSR count). The van der Waals surface area contributed by atoms with Crippen LogP contribution in [0.25, 0.3) is 0 Å². The first-order valence-corrected chi connectivity index (χ1v) is 7.85. The van der Waals surface area contributed by atoms with Crippen LogP contribution in [0.2, 0.25) is 0 Å². The molecule has 1 aromatic carbocycles. The lowest BCUT2D eigenvalue weighted by molar-refractivity contribution is 0.351. The van der Waals surface area contributed by atoms with Crippen LogP contribution < -0.4 is 16.0 Å². The number of halogens is 1. The van der Waals surface area contributed by atoms with Gasteiger partial charge in [0.15, 0.2) is 0 Å². The number of pyridine rings is 1. The van der Waals surface area contributed by atoms with E-state index >= 15 is 0 Å². The summed E-state index contributed by atoms with van der Waals surface area (Å²) in [5, 5.41) is 0. The van der Waals surface area contributed by atoms with Crippen LogP contribution in [0.3, 0.4) is 0 Å². The Morgan fingerprint density at radius 1 is 1.33 bits per heavy atom. The van der Waals surface area contributed by atoms with Gasteiger partial charge in [0.2, 0.25) is 0 Å². The average molecular weight is 348 g/mol. The Balaban J connectivity index is 1.78. The van der Waals surface area contributed by atoms with Crippen molar-refractivity contribution in [2.45, 2.75) is 25.3 Å². The van der Waals surface area contributed by atoms with Crippen molar-refractivity contribution in [2.24, 2.45) is 5.84 Å². The van der Waals surface area contributed by atoms with E-state index in [1.165, 1.54) is 11.1 Å². The summed E-state index contributed by atoms with van der Waals surface area (Å²) in [6.07, 6.45) is 4.39. The van der Waals surface area contributed by atoms with Crippen LogP contribution in [0.5, 0.6) is 5.75 Å². The van der Waals surface area contributed by atoms with E-state index in [9.17, 15) is 0 Å². The van der Waals surface area contributed by atoms with Crippen LogP contribution in [0.4, 0.5) is 0 Å². The summed E-state index contributed by atoms with van der Waals surface area (Å²) in [5.41, 5.74) is 6.40. The standard InChI is InChI=1S/C16H18BrN3O/c17-13-7-11-4-6-21-16(11)12(8-13)9-15(20-18)10-14-3-1-2-5-19-14/h1-3,5,7-8,15,20H,4,6,9-10,18H2. The Kier molecular flexibility index (Phi) is 4.53. The molecule has 21 heavy (non-hydrogen) atoms. The van der Waals surface area contributed by atoms with Crippen molar-refractivity contribution in [3.8, 4) is 5.75 Å². The number of nitrogens with one attached hydrogen (secondary N) is 1. The Morgan fingerprint density at radius 3 is 3.00 bits per heavy atom. The molecule has 0 saturated heterocycles. The number of hydrazine groups is 1. The summed E-state index contributed by atoms with van der Waals surface area (Å²) in [6, 6.07) is 10.3. The lowest BCUT2D eigenvalue weighted by Gasteiger charge is -2.17. The molecular weight excluding hydrogens is 330 g/mol. The minimum absolute atomic E-state index is 0.127. The van der Waals surface area contributed by atoms with E-state index in [-0.39, 0.29) is 6.04 Å². The van der Waals surface area contributed by atoms with Crippen LogP contribution in [0, 0.1) is 0 Å². The molecule has 0 bridgehead atoms. The molecule has 0 amide bonds. The third-order valence-electron chi connectivity index (χ3n) is 3.71. The lowest BCUT2D eigenvalue weighted by atomic mass is 9.99. The van der Waals surface area contributed by atoms with Gasteiger partial charge in [-0.15, -0.1) is 0 Å². The molecule has 1 aromatic heterocycles. The summed E-state index contributed by atoms with van der Waals surface area (Å²) in [6.45, 7) is 0.764. The first-order valence-electron chi connectivity index (χ1n) is 7.06. The number of hydrogen-bond acceptors (Lipinski definition) is 4. The Hall–Kier alpha value is -1.43. The highest BCUT2D eigenvalue weighted by molar-refractivity contribution is 9.10. The van der Waals surface area contributed by atoms with Crippen LogP contribution in [0.1, 0.15) is 16.8 Å². The maximum atomic E-state index is 5.78. The van der Waals surface area contributed by atoms with Crippen LogP contribution in [-0.2, 0) is 19.3 Å². The van der Waals surface area contributed by atoms with Crippen LogP contribution in [0.15, 0.2) is 41.0 Å². The normalized spacial score (nSPS) is 14.6. The van der Waals surface area contributed by atoms with Crippen molar-refractivity contribution in [1.82, 2.24) is 10.4 Å². The van der Waals surface area contributed by atoms with E-state index < -0.39 is 0 Å². The Labute approximate surface area is 132 Å². The molecule has 0 aliphatic carbocycles. The maximum absolute atomic E-state index is 5.78. The molecule has 1 aliphatic rings. The number of nitrogens with two attached hydrogens (primary N) is 1. The molecule has 110 valence electrons. The topological polar surface area (TPSA) is 60.2 Å². The predicted molar refractivity (Wildman–Crippen MR) is 86.1 cm³/mol. The van der Waals surface area contributed by atoms with Crippen molar-refractivity contribution >= 4 is 15.9 Å². The van der Waals surface area contributed by atoms with E-state index in [0.29, 0.717) is 0 Å². The molecule has 0 fully saturated rings. The third-order valence-corrected chi connectivity index (χ3v) is 4.17. The maximum Gasteiger partial charge on any atom is 0.125 e. The first-order chi connectivity index (χ1) is 10.3. The molecule has 5 heteroatoms. The van der Waals surface area contributed by atoms with Gasteiger partial charge in [0.25, 0.3) is 0 Å². The Bertz CT molecular complexity index is 618. The second-order valence-corrected chi connectivity index (χ2v) is 6.16. The Morgan fingerprint density at radius 2 is 2.24 bits per heavy atom. The van der Waals surface area contributed by atoms with Gasteiger partial charge < -0.3 is 4.74 Å². The van der Waals surface area contributed by atoms with Gasteiger partial charge in [-0.25, -0.2) is 0 Å². The predicted octanol–water partition coefficient (Wildman–Crippen LogP) is 2.40. The number of rotatable bonds is 5. The zero-order valence-electron chi connectivity index (χ0n) is 11.7. The number of benzene rings is 1. The minimum Gasteiger partial charge on any atom is -0.493 e. The van der Waals surface area contributed by atoms with Gasteiger partial charge in [0.1, 0.15) is 5.75 Å². The highest BCUT2D eigenvalue weighted by Gasteiger charge is 2.20. The first kappa shape index (κ1) is 14.5. The fraction of sp³-hybridized carbons (Fsp3) is 0.312. The number of nitrogens with zero attached hydrogens (tertiary/aromatic N) is 1. The number of ether oxygens (including phenoxy) is 1. The SMILES string of the molecule is NNC(Cc1ccccn1)Cc1cc(Br)cc2c1OCC2. The van der Waals surface area contributed by atoms with E-state index in [1.54, 1.807) is 0 Å². The number of aromatic nitrogens is 1. The smallest absolute Gasteiger partial charge is 0.125 e. The lowest BCUT2D eigenvalue weighted by Crippen LogP contribution is -2.38. The zero-order chi connectivity index (χ0) is 14.7. The van der Waals surface area contributed by atoms with Crippen molar-refractivity contribution in [1.29, 1.82) is 0 Å². The summed E-state index contributed by atoms with van der Waals surface area (Å²) in [4.78, 5) is 4.36. The molecular formula is C16H18BrN3O. The van der Waals surface area contributed by atoms with Gasteiger partial charge >= 0.3 is 0 Å². The summed E-state index contributed by atoms with van der Waals surface area (Å²) in [5.74, 6) is 6.75. The molecule has 0 saturated carbocycles. The number of hydrogen-bond donors (Lipinski definition) is 2. The van der Waals surface area contributed by atoms with Gasteiger partial charge in [-0.2, -0.15) is 0 Å². The summed E-state index contributed by atoms with van der Waals surface area (Å²) >= 11 is 3.57. The second kappa shape index (κ2) is 6.56. The monoisotopic (exact) mass is 347 g/mol. The molecule has 4 nitrogen and oxygen atoms in total. The van der Waals surface area contributed by atoms with Gasteiger partial charge in [-0.05, 0) is 41.8 Å². The third kappa shape index (κ3) is 3.43. The van der Waals surface area contributed by atoms with E-state index in [0.717, 1.165) is 41.8 Å². The van der Waals surface area contributed by atoms with Crippen LogP contribution in [-0.4, -0.2) is 17.6 Å². The average Bonchev–Trinajstić information content (AvgIpc) is 2.96. The molecule has 1 unspecified atom stereocenters. The van der Waals surface area contributed by atoms with Gasteiger partial charge in [-0.3, -0.25) is 16.3 Å². The highest BCUT2D eigenvalue weighted by Crippen LogP contribution is 2.33. The molecule has 2 heterocycles. The van der Waals surface area contributed by atoms with E-state index in [2.05, 4.69) is 38.5 Å². The van der Waals surface area contributed by atoms with Crippen molar-refractivity contribution in [3.05, 3.63) is 57.8 Å². The van der Waals surface area contributed by atoms with E-state index in [1.807, 2.05) is 24.4 Å². The zero-order valence-corrected chi connectivity index (χ0v) is 13.3. The summed E-state index contributed by atoms with van der Waals surface area (Å²) in [7, 11) is 0. The minimum atomic E-state index is 0.127. The van der Waals surface area contributed by atoms with Crippen LogP contribution >= 0.6 is 15.9 Å². The molecule has 1 aliphatic heterocycles. The van der Waals surface area contributed by atoms with Gasteiger partial charge in [-0.1, -0.05) is 22.0 Å². The van der Waals surface area contributed by atoms with Gasteiger partial charge in [0, 0.05) is 35.2 Å². The van der Waals surface area contributed by atoms with Crippen molar-refractivity contribution < 1.29 is 4.74 Å². The molecule has 0 radical (unpaired) electrons. The molecule has 2 aromatic rings. The largest absolute Gasteiger partial charge is 0.493 e. The number of fused-ring (bicyclic) bond motifs is 1. The fourth-order valence-corrected chi connectivity index (χ4v) is 3.28. The fourth-order valence-electron chi connectivity index (χ4n) is 2.72. The van der Waals surface area contributed by atoms with Gasteiger partial charge in [0.05, 0.1) is 6.61 Å². The van der Waals surface area contributed by atoms with Crippen molar-refractivity contribution in [3.63, 3.8) is 0 Å².